The van der Waals surface area contributed by atoms with Gasteiger partial charge in [0.05, 0.1) is 0 Å². The molecule has 10 heavy (non-hydrogen) atoms. The molecular formula is C7H17N3. The van der Waals surface area contributed by atoms with Crippen LogP contribution in [-0.2, 0) is 0 Å². The Hall–Kier alpha value is -0.120. The van der Waals surface area contributed by atoms with Gasteiger partial charge in [-0.15, -0.1) is 0 Å². The Morgan fingerprint density at radius 2 is 2.40 bits per heavy atom. The molecule has 1 rings (SSSR count). The molecule has 0 amide bonds. The zero-order valence-electron chi connectivity index (χ0n) is 6.56. The summed E-state index contributed by atoms with van der Waals surface area (Å²) in [5, 5.41) is 6.73. The maximum Gasteiger partial charge on any atom is 0.0207 e. The molecular weight excluding hydrogens is 126 g/mol. The Kier molecular flexibility index (Phi) is 3.12. The highest BCUT2D eigenvalue weighted by Gasteiger charge is 2.12. The summed E-state index contributed by atoms with van der Waals surface area (Å²) >= 11 is 0. The van der Waals surface area contributed by atoms with Gasteiger partial charge in [-0.25, -0.2) is 0 Å². The molecule has 1 fully saturated rings. The van der Waals surface area contributed by atoms with Gasteiger partial charge in [0.2, 0.25) is 0 Å². The van der Waals surface area contributed by atoms with Crippen molar-refractivity contribution in [3.05, 3.63) is 0 Å². The first-order valence-electron chi connectivity index (χ1n) is 3.98. The first-order chi connectivity index (χ1) is 4.79. The molecule has 2 atom stereocenters. The van der Waals surface area contributed by atoms with Gasteiger partial charge in [0.15, 0.2) is 0 Å². The Labute approximate surface area is 62.4 Å². The van der Waals surface area contributed by atoms with Crippen molar-refractivity contribution in [2.45, 2.75) is 25.4 Å². The van der Waals surface area contributed by atoms with Crippen LogP contribution in [0.5, 0.6) is 0 Å². The van der Waals surface area contributed by atoms with E-state index in [9.17, 15) is 0 Å². The number of nitrogens with two attached hydrogens (primary N) is 1. The topological polar surface area (TPSA) is 50.1 Å². The first kappa shape index (κ1) is 7.98. The third kappa shape index (κ3) is 2.64. The minimum atomic E-state index is 0.317. The average molecular weight is 143 g/mol. The second-order valence-electron chi connectivity index (χ2n) is 3.07. The molecule has 60 valence electrons. The van der Waals surface area contributed by atoms with Crippen LogP contribution in [0.3, 0.4) is 0 Å². The van der Waals surface area contributed by atoms with E-state index in [1.54, 1.807) is 0 Å². The molecule has 0 radical (unpaired) electrons. The third-order valence-electron chi connectivity index (χ3n) is 1.78. The second kappa shape index (κ2) is 3.91. The van der Waals surface area contributed by atoms with Crippen LogP contribution in [-0.4, -0.2) is 31.7 Å². The monoisotopic (exact) mass is 143 g/mol. The first-order valence-corrected chi connectivity index (χ1v) is 3.98. The summed E-state index contributed by atoms with van der Waals surface area (Å²) in [6.07, 6.45) is 1.08. The Balaban J connectivity index is 2.13. The van der Waals surface area contributed by atoms with Gasteiger partial charge in [0, 0.05) is 31.7 Å². The van der Waals surface area contributed by atoms with Crippen LogP contribution in [0.4, 0.5) is 0 Å². The van der Waals surface area contributed by atoms with Crippen molar-refractivity contribution in [1.82, 2.24) is 10.6 Å². The van der Waals surface area contributed by atoms with Gasteiger partial charge in [0.1, 0.15) is 0 Å². The van der Waals surface area contributed by atoms with Crippen LogP contribution in [0.1, 0.15) is 13.3 Å². The van der Waals surface area contributed by atoms with E-state index < -0.39 is 0 Å². The molecule has 3 nitrogen and oxygen atoms in total. The van der Waals surface area contributed by atoms with E-state index in [2.05, 4.69) is 17.6 Å². The summed E-state index contributed by atoms with van der Waals surface area (Å²) in [5.74, 6) is 0. The molecule has 1 saturated heterocycles. The summed E-state index contributed by atoms with van der Waals surface area (Å²) < 4.78 is 0. The predicted octanol–water partition coefficient (Wildman–Crippen LogP) is -0.715. The molecule has 1 aliphatic rings. The molecule has 0 spiro atoms. The molecule has 3 heteroatoms. The van der Waals surface area contributed by atoms with Gasteiger partial charge in [0.25, 0.3) is 0 Å². The number of rotatable bonds is 2. The zero-order valence-corrected chi connectivity index (χ0v) is 6.56. The Bertz CT molecular complexity index is 86.9. The van der Waals surface area contributed by atoms with E-state index in [1.807, 2.05) is 0 Å². The molecule has 0 bridgehead atoms. The summed E-state index contributed by atoms with van der Waals surface area (Å²) in [7, 11) is 0. The highest BCUT2D eigenvalue weighted by atomic mass is 15.1. The lowest BCUT2D eigenvalue weighted by Gasteiger charge is -2.25. The average Bonchev–Trinajstić information content (AvgIpc) is 1.88. The van der Waals surface area contributed by atoms with Crippen LogP contribution < -0.4 is 16.4 Å². The van der Waals surface area contributed by atoms with Crippen molar-refractivity contribution in [2.24, 2.45) is 5.73 Å². The third-order valence-corrected chi connectivity index (χ3v) is 1.78. The van der Waals surface area contributed by atoms with Crippen LogP contribution >= 0.6 is 0 Å². The summed E-state index contributed by atoms with van der Waals surface area (Å²) in [6.45, 7) is 5.30. The molecule has 0 aromatic carbocycles. The van der Waals surface area contributed by atoms with E-state index in [1.165, 1.54) is 0 Å². The van der Waals surface area contributed by atoms with Crippen molar-refractivity contribution < 1.29 is 0 Å². The number of nitrogens with one attached hydrogen (secondary N) is 2. The molecule has 0 saturated carbocycles. The van der Waals surface area contributed by atoms with E-state index in [-0.39, 0.29) is 0 Å². The minimum Gasteiger partial charge on any atom is -0.328 e. The second-order valence-corrected chi connectivity index (χ2v) is 3.07. The normalized spacial score (nSPS) is 30.0. The van der Waals surface area contributed by atoms with Gasteiger partial charge in [-0.3, -0.25) is 0 Å². The molecule has 1 aliphatic heterocycles. The zero-order chi connectivity index (χ0) is 7.40. The smallest absolute Gasteiger partial charge is 0.0207 e. The summed E-state index contributed by atoms with van der Waals surface area (Å²) in [4.78, 5) is 0. The lowest BCUT2D eigenvalue weighted by Crippen LogP contribution is -2.50. The van der Waals surface area contributed by atoms with Crippen LogP contribution in [0.2, 0.25) is 0 Å². The highest BCUT2D eigenvalue weighted by molar-refractivity contribution is 4.77. The fraction of sp³-hybridized carbons (Fsp3) is 1.00. The minimum absolute atomic E-state index is 0.317. The molecule has 4 N–H and O–H groups in total. The quantitative estimate of drug-likeness (QED) is 0.478. The van der Waals surface area contributed by atoms with E-state index in [0.29, 0.717) is 12.1 Å². The fourth-order valence-corrected chi connectivity index (χ4v) is 1.33. The standard InChI is InChI=1S/C7H17N3/c1-6(8)4-7-5-9-2-3-10-7/h6-7,9-10H,2-5,8H2,1H3/t6-,7+/m0/s1. The number of hydrogen-bond acceptors (Lipinski definition) is 3. The Morgan fingerprint density at radius 1 is 1.60 bits per heavy atom. The fourth-order valence-electron chi connectivity index (χ4n) is 1.33. The maximum atomic E-state index is 5.66. The van der Waals surface area contributed by atoms with Gasteiger partial charge in [-0.2, -0.15) is 0 Å². The van der Waals surface area contributed by atoms with Crippen molar-refractivity contribution in [2.75, 3.05) is 19.6 Å². The van der Waals surface area contributed by atoms with Crippen molar-refractivity contribution in [3.8, 4) is 0 Å². The molecule has 0 aromatic rings. The largest absolute Gasteiger partial charge is 0.328 e. The summed E-state index contributed by atoms with van der Waals surface area (Å²) in [6, 6.07) is 0.908. The van der Waals surface area contributed by atoms with E-state index >= 15 is 0 Å². The van der Waals surface area contributed by atoms with E-state index in [4.69, 9.17) is 5.73 Å². The molecule has 0 aromatic heterocycles. The maximum absolute atomic E-state index is 5.66. The lowest BCUT2D eigenvalue weighted by molar-refractivity contribution is 0.382. The predicted molar refractivity (Wildman–Crippen MR) is 42.9 cm³/mol. The van der Waals surface area contributed by atoms with Crippen molar-refractivity contribution in [3.63, 3.8) is 0 Å². The van der Waals surface area contributed by atoms with Crippen LogP contribution in [0.15, 0.2) is 0 Å². The number of hydrogen-bond donors (Lipinski definition) is 3. The van der Waals surface area contributed by atoms with Crippen LogP contribution in [0.25, 0.3) is 0 Å². The van der Waals surface area contributed by atoms with E-state index in [0.717, 1.165) is 26.1 Å². The van der Waals surface area contributed by atoms with Gasteiger partial charge in [-0.05, 0) is 13.3 Å². The van der Waals surface area contributed by atoms with Gasteiger partial charge in [-0.1, -0.05) is 0 Å². The molecule has 0 unspecified atom stereocenters. The van der Waals surface area contributed by atoms with Gasteiger partial charge >= 0.3 is 0 Å². The number of piperazine rings is 1. The SMILES string of the molecule is C[C@H](N)C[C@@H]1CNCCN1. The van der Waals surface area contributed by atoms with Crippen LogP contribution in [0, 0.1) is 0 Å². The van der Waals surface area contributed by atoms with Crippen molar-refractivity contribution >= 4 is 0 Å². The molecule has 1 heterocycles. The lowest BCUT2D eigenvalue weighted by atomic mass is 10.1. The summed E-state index contributed by atoms with van der Waals surface area (Å²) in [5.41, 5.74) is 5.66. The molecule has 0 aliphatic carbocycles. The Morgan fingerprint density at radius 3 is 2.90 bits per heavy atom. The van der Waals surface area contributed by atoms with Crippen molar-refractivity contribution in [1.29, 1.82) is 0 Å². The van der Waals surface area contributed by atoms with Gasteiger partial charge < -0.3 is 16.4 Å². The highest BCUT2D eigenvalue weighted by Crippen LogP contribution is 1.96.